The zero-order chi connectivity index (χ0) is 21.3. The summed E-state index contributed by atoms with van der Waals surface area (Å²) in [5.74, 6) is 0.845. The molecule has 31 heavy (non-hydrogen) atoms. The molecule has 0 aromatic heterocycles. The van der Waals surface area contributed by atoms with Gasteiger partial charge in [-0.1, -0.05) is 29.8 Å². The highest BCUT2D eigenvalue weighted by atomic mass is 16.2. The van der Waals surface area contributed by atoms with Crippen LogP contribution in [0.25, 0.3) is 0 Å². The van der Waals surface area contributed by atoms with Crippen LogP contribution in [0.2, 0.25) is 0 Å². The van der Waals surface area contributed by atoms with Crippen LogP contribution in [0.1, 0.15) is 51.4 Å². The van der Waals surface area contributed by atoms with Crippen LogP contribution in [0.15, 0.2) is 42.0 Å². The van der Waals surface area contributed by atoms with Gasteiger partial charge in [0.05, 0.1) is 0 Å². The van der Waals surface area contributed by atoms with Crippen molar-refractivity contribution in [2.24, 2.45) is 11.3 Å². The zero-order valence-electron chi connectivity index (χ0n) is 18.6. The SMILES string of the molecule is O=C(CC1=CCCCC1)N1CCC2(CC1)CC2C(=O)N1CCN(c2ccccc2)CC1. The number of anilines is 1. The van der Waals surface area contributed by atoms with Gasteiger partial charge in [0.2, 0.25) is 11.8 Å². The van der Waals surface area contributed by atoms with E-state index in [1.807, 2.05) is 6.07 Å². The van der Waals surface area contributed by atoms with Gasteiger partial charge in [-0.2, -0.15) is 0 Å². The average molecular weight is 422 g/mol. The van der Waals surface area contributed by atoms with Gasteiger partial charge < -0.3 is 14.7 Å². The summed E-state index contributed by atoms with van der Waals surface area (Å²) in [4.78, 5) is 32.4. The second-order valence-electron chi connectivity index (χ2n) is 9.93. The number of allylic oxidation sites excluding steroid dienone is 1. The van der Waals surface area contributed by atoms with Crippen molar-refractivity contribution in [3.8, 4) is 0 Å². The quantitative estimate of drug-likeness (QED) is 0.694. The van der Waals surface area contributed by atoms with E-state index in [2.05, 4.69) is 45.0 Å². The Balaban J connectivity index is 1.09. The molecule has 2 aliphatic carbocycles. The van der Waals surface area contributed by atoms with Crippen molar-refractivity contribution in [2.45, 2.75) is 51.4 Å². The maximum Gasteiger partial charge on any atom is 0.226 e. The molecule has 1 unspecified atom stereocenters. The molecule has 1 saturated carbocycles. The van der Waals surface area contributed by atoms with Crippen LogP contribution in [0.3, 0.4) is 0 Å². The number of piperidine rings is 1. The largest absolute Gasteiger partial charge is 0.368 e. The van der Waals surface area contributed by atoms with Gasteiger partial charge in [0.1, 0.15) is 0 Å². The monoisotopic (exact) mass is 421 g/mol. The molecule has 3 fully saturated rings. The van der Waals surface area contributed by atoms with E-state index in [0.29, 0.717) is 18.2 Å². The van der Waals surface area contributed by atoms with Crippen molar-refractivity contribution in [3.05, 3.63) is 42.0 Å². The lowest BCUT2D eigenvalue weighted by Crippen LogP contribution is -2.50. The predicted octanol–water partition coefficient (Wildman–Crippen LogP) is 3.85. The molecule has 2 amide bonds. The first kappa shape index (κ1) is 20.6. The van der Waals surface area contributed by atoms with Crippen molar-refractivity contribution >= 4 is 17.5 Å². The first-order valence-electron chi connectivity index (χ1n) is 12.2. The Morgan fingerprint density at radius 1 is 0.903 bits per heavy atom. The molecule has 166 valence electrons. The second kappa shape index (κ2) is 8.68. The third kappa shape index (κ3) is 4.37. The van der Waals surface area contributed by atoms with Gasteiger partial charge >= 0.3 is 0 Å². The van der Waals surface area contributed by atoms with Gasteiger partial charge in [-0.3, -0.25) is 9.59 Å². The van der Waals surface area contributed by atoms with Crippen LogP contribution in [0.5, 0.6) is 0 Å². The van der Waals surface area contributed by atoms with Crippen LogP contribution in [0.4, 0.5) is 5.69 Å². The zero-order valence-corrected chi connectivity index (χ0v) is 18.6. The minimum absolute atomic E-state index is 0.175. The summed E-state index contributed by atoms with van der Waals surface area (Å²) in [5.41, 5.74) is 2.76. The normalized spacial score (nSPS) is 25.4. The molecule has 0 bridgehead atoms. The molecule has 1 spiro atoms. The molecule has 1 aromatic rings. The molecule has 2 saturated heterocycles. The number of carbonyl (C=O) groups is 2. The smallest absolute Gasteiger partial charge is 0.226 e. The van der Waals surface area contributed by atoms with Crippen LogP contribution in [-0.2, 0) is 9.59 Å². The maximum atomic E-state index is 13.2. The predicted molar refractivity (Wildman–Crippen MR) is 123 cm³/mol. The number of amides is 2. The molecule has 2 aliphatic heterocycles. The summed E-state index contributed by atoms with van der Waals surface area (Å²) in [6.07, 6.45) is 10.6. The minimum Gasteiger partial charge on any atom is -0.368 e. The number of para-hydroxylation sites is 1. The summed E-state index contributed by atoms with van der Waals surface area (Å²) in [6, 6.07) is 10.5. The Morgan fingerprint density at radius 3 is 2.32 bits per heavy atom. The van der Waals surface area contributed by atoms with Crippen molar-refractivity contribution in [2.75, 3.05) is 44.2 Å². The fourth-order valence-corrected chi connectivity index (χ4v) is 5.87. The first-order chi connectivity index (χ1) is 15.1. The highest BCUT2D eigenvalue weighted by Crippen LogP contribution is 2.60. The van der Waals surface area contributed by atoms with Crippen LogP contribution in [0, 0.1) is 11.3 Å². The number of carbonyl (C=O) groups excluding carboxylic acids is 2. The highest BCUT2D eigenvalue weighted by molar-refractivity contribution is 5.83. The molecule has 5 rings (SSSR count). The Hall–Kier alpha value is -2.30. The van der Waals surface area contributed by atoms with E-state index in [-0.39, 0.29) is 11.3 Å². The Bertz CT molecular complexity index is 833. The Morgan fingerprint density at radius 2 is 1.65 bits per heavy atom. The van der Waals surface area contributed by atoms with E-state index in [0.717, 1.165) is 71.4 Å². The summed E-state index contributed by atoms with van der Waals surface area (Å²) >= 11 is 0. The lowest BCUT2D eigenvalue weighted by molar-refractivity contribution is -0.134. The topological polar surface area (TPSA) is 43.9 Å². The molecule has 1 aromatic carbocycles. The number of hydrogen-bond donors (Lipinski definition) is 0. The molecule has 5 heteroatoms. The molecule has 0 radical (unpaired) electrons. The molecular weight excluding hydrogens is 386 g/mol. The average Bonchev–Trinajstić information content (AvgIpc) is 3.53. The lowest BCUT2D eigenvalue weighted by atomic mass is 9.89. The molecule has 5 nitrogen and oxygen atoms in total. The van der Waals surface area contributed by atoms with Crippen molar-refractivity contribution in [3.63, 3.8) is 0 Å². The van der Waals surface area contributed by atoms with E-state index < -0.39 is 0 Å². The molecule has 0 N–H and O–H groups in total. The van der Waals surface area contributed by atoms with Crippen molar-refractivity contribution < 1.29 is 9.59 Å². The fourth-order valence-electron chi connectivity index (χ4n) is 5.87. The van der Waals surface area contributed by atoms with Gasteiger partial charge in [0.25, 0.3) is 0 Å². The number of benzene rings is 1. The number of hydrogen-bond acceptors (Lipinski definition) is 3. The summed E-state index contributed by atoms with van der Waals surface area (Å²) in [7, 11) is 0. The molecule has 4 aliphatic rings. The summed E-state index contributed by atoms with van der Waals surface area (Å²) in [5, 5.41) is 0. The number of piperazine rings is 1. The third-order valence-electron chi connectivity index (χ3n) is 8.08. The minimum atomic E-state index is 0.175. The standard InChI is InChI=1S/C26H35N3O2/c30-24(19-21-7-3-1-4-8-21)28-13-11-26(12-14-28)20-23(26)25(31)29-17-15-27(16-18-29)22-9-5-2-6-10-22/h2,5-7,9-10,23H,1,3-4,8,11-20H2. The number of rotatable bonds is 4. The van der Waals surface area contributed by atoms with E-state index in [1.165, 1.54) is 24.1 Å². The van der Waals surface area contributed by atoms with E-state index in [9.17, 15) is 9.59 Å². The maximum absolute atomic E-state index is 13.2. The lowest BCUT2D eigenvalue weighted by Gasteiger charge is -2.37. The molecule has 1 atom stereocenters. The van der Waals surface area contributed by atoms with Gasteiger partial charge in [0, 0.05) is 57.3 Å². The van der Waals surface area contributed by atoms with Gasteiger partial charge in [-0.15, -0.1) is 0 Å². The van der Waals surface area contributed by atoms with Gasteiger partial charge in [0.15, 0.2) is 0 Å². The fraction of sp³-hybridized carbons (Fsp3) is 0.615. The van der Waals surface area contributed by atoms with Crippen molar-refractivity contribution in [1.82, 2.24) is 9.80 Å². The van der Waals surface area contributed by atoms with Crippen LogP contribution in [-0.4, -0.2) is 60.9 Å². The van der Waals surface area contributed by atoms with Crippen LogP contribution < -0.4 is 4.90 Å². The van der Waals surface area contributed by atoms with E-state index in [1.54, 1.807) is 0 Å². The first-order valence-corrected chi connectivity index (χ1v) is 12.2. The highest BCUT2D eigenvalue weighted by Gasteiger charge is 2.59. The van der Waals surface area contributed by atoms with Crippen molar-refractivity contribution in [1.29, 1.82) is 0 Å². The molecule has 2 heterocycles. The Kier molecular flexibility index (Phi) is 5.77. The molecular formula is C26H35N3O2. The van der Waals surface area contributed by atoms with E-state index in [4.69, 9.17) is 0 Å². The summed E-state index contributed by atoms with van der Waals surface area (Å²) in [6.45, 7) is 5.12. The third-order valence-corrected chi connectivity index (χ3v) is 8.08. The Labute approximate surface area is 186 Å². The van der Waals surface area contributed by atoms with Crippen LogP contribution >= 0.6 is 0 Å². The van der Waals surface area contributed by atoms with E-state index >= 15 is 0 Å². The number of nitrogens with zero attached hydrogens (tertiary/aromatic N) is 3. The van der Waals surface area contributed by atoms with Gasteiger partial charge in [-0.05, 0) is 62.5 Å². The second-order valence-corrected chi connectivity index (χ2v) is 9.93. The summed E-state index contributed by atoms with van der Waals surface area (Å²) < 4.78 is 0. The number of likely N-dealkylation sites (tertiary alicyclic amines) is 1. The van der Waals surface area contributed by atoms with Gasteiger partial charge in [-0.25, -0.2) is 0 Å².